The number of hydrogen-bond acceptors (Lipinski definition) is 4. The first-order valence-corrected chi connectivity index (χ1v) is 8.33. The molecule has 1 unspecified atom stereocenters. The largest absolute Gasteiger partial charge is 0.352 e. The Morgan fingerprint density at radius 3 is 2.50 bits per heavy atom. The predicted octanol–water partition coefficient (Wildman–Crippen LogP) is 1.23. The van der Waals surface area contributed by atoms with Crippen LogP contribution in [-0.4, -0.2) is 21.1 Å². The van der Waals surface area contributed by atoms with Crippen LogP contribution < -0.4 is 16.6 Å². The van der Waals surface area contributed by atoms with Crippen molar-refractivity contribution in [1.29, 1.82) is 5.26 Å². The molecule has 0 aliphatic rings. The molecule has 24 heavy (non-hydrogen) atoms. The van der Waals surface area contributed by atoms with E-state index in [2.05, 4.69) is 19.2 Å². The van der Waals surface area contributed by atoms with Crippen molar-refractivity contribution in [3.8, 4) is 6.07 Å². The molecule has 0 fully saturated rings. The third-order valence-corrected chi connectivity index (χ3v) is 3.83. The molecule has 1 heterocycles. The van der Waals surface area contributed by atoms with Crippen molar-refractivity contribution >= 4 is 5.91 Å². The van der Waals surface area contributed by atoms with Crippen LogP contribution in [0.4, 0.5) is 0 Å². The minimum atomic E-state index is -0.727. The van der Waals surface area contributed by atoms with Crippen molar-refractivity contribution in [3.63, 3.8) is 0 Å². The molecule has 1 aromatic heterocycles. The SMILES string of the molecule is CCn1cc(C#N)c(=O)n(CC(=O)NC(C)CCCC(C)C)c1=O. The second kappa shape index (κ2) is 9.06. The van der Waals surface area contributed by atoms with Crippen molar-refractivity contribution in [2.45, 2.75) is 66.1 Å². The lowest BCUT2D eigenvalue weighted by molar-refractivity contribution is -0.122. The van der Waals surface area contributed by atoms with Crippen LogP contribution in [0.5, 0.6) is 0 Å². The molecule has 132 valence electrons. The Labute approximate surface area is 141 Å². The summed E-state index contributed by atoms with van der Waals surface area (Å²) in [5.74, 6) is 0.219. The van der Waals surface area contributed by atoms with E-state index in [4.69, 9.17) is 5.26 Å². The van der Waals surface area contributed by atoms with E-state index in [0.717, 1.165) is 23.8 Å². The second-order valence-corrected chi connectivity index (χ2v) is 6.41. The quantitative estimate of drug-likeness (QED) is 0.773. The van der Waals surface area contributed by atoms with Gasteiger partial charge >= 0.3 is 5.69 Å². The number of aromatic nitrogens is 2. The maximum Gasteiger partial charge on any atom is 0.331 e. The van der Waals surface area contributed by atoms with Crippen LogP contribution >= 0.6 is 0 Å². The molecule has 1 N–H and O–H groups in total. The topological polar surface area (TPSA) is 96.9 Å². The summed E-state index contributed by atoms with van der Waals surface area (Å²) < 4.78 is 2.07. The molecule has 7 heteroatoms. The van der Waals surface area contributed by atoms with Crippen molar-refractivity contribution < 1.29 is 4.79 Å². The van der Waals surface area contributed by atoms with Gasteiger partial charge in [0.05, 0.1) is 0 Å². The fraction of sp³-hybridized carbons (Fsp3) is 0.647. The van der Waals surface area contributed by atoms with Crippen LogP contribution in [0.15, 0.2) is 15.8 Å². The summed E-state index contributed by atoms with van der Waals surface area (Å²) in [6, 6.07) is 1.74. The van der Waals surface area contributed by atoms with Crippen molar-refractivity contribution in [2.24, 2.45) is 5.92 Å². The van der Waals surface area contributed by atoms with Gasteiger partial charge in [0.15, 0.2) is 0 Å². The minimum Gasteiger partial charge on any atom is -0.352 e. The number of nitriles is 1. The molecule has 0 aromatic carbocycles. The van der Waals surface area contributed by atoms with Gasteiger partial charge in [-0.3, -0.25) is 14.2 Å². The van der Waals surface area contributed by atoms with Gasteiger partial charge in [0.25, 0.3) is 5.56 Å². The Hall–Kier alpha value is -2.36. The molecule has 0 saturated carbocycles. The molecule has 7 nitrogen and oxygen atoms in total. The molecule has 0 aliphatic carbocycles. The van der Waals surface area contributed by atoms with Crippen LogP contribution in [0.2, 0.25) is 0 Å². The smallest absolute Gasteiger partial charge is 0.331 e. The summed E-state index contributed by atoms with van der Waals surface area (Å²) in [7, 11) is 0. The van der Waals surface area contributed by atoms with Crippen molar-refractivity contribution in [3.05, 3.63) is 32.6 Å². The maximum atomic E-state index is 12.2. The zero-order chi connectivity index (χ0) is 18.3. The molecule has 0 bridgehead atoms. The summed E-state index contributed by atoms with van der Waals surface area (Å²) in [5.41, 5.74) is -1.45. The number of amides is 1. The van der Waals surface area contributed by atoms with Crippen LogP contribution in [0, 0.1) is 17.2 Å². The highest BCUT2D eigenvalue weighted by molar-refractivity contribution is 5.76. The van der Waals surface area contributed by atoms with Crippen LogP contribution in [-0.2, 0) is 17.9 Å². The van der Waals surface area contributed by atoms with Gasteiger partial charge < -0.3 is 5.32 Å². The number of rotatable bonds is 8. The highest BCUT2D eigenvalue weighted by Gasteiger charge is 2.15. The van der Waals surface area contributed by atoms with Gasteiger partial charge in [-0.2, -0.15) is 5.26 Å². The lowest BCUT2D eigenvalue weighted by Crippen LogP contribution is -2.45. The van der Waals surface area contributed by atoms with Gasteiger partial charge in [-0.1, -0.05) is 26.7 Å². The number of nitrogens with zero attached hydrogens (tertiary/aromatic N) is 3. The number of nitrogens with one attached hydrogen (secondary N) is 1. The normalized spacial score (nSPS) is 12.0. The zero-order valence-corrected chi connectivity index (χ0v) is 14.8. The van der Waals surface area contributed by atoms with Gasteiger partial charge in [0.2, 0.25) is 5.91 Å². The number of carbonyl (C=O) groups is 1. The standard InChI is InChI=1S/C17H26N4O3/c1-5-20-10-14(9-18)16(23)21(17(20)24)11-15(22)19-13(4)8-6-7-12(2)3/h10,12-13H,5-8,11H2,1-4H3,(H,19,22). The third-order valence-electron chi connectivity index (χ3n) is 3.83. The first-order valence-electron chi connectivity index (χ1n) is 8.33. The van der Waals surface area contributed by atoms with Gasteiger partial charge in [0.1, 0.15) is 18.2 Å². The van der Waals surface area contributed by atoms with E-state index in [1.165, 1.54) is 10.8 Å². The number of hydrogen-bond donors (Lipinski definition) is 1. The molecule has 0 spiro atoms. The van der Waals surface area contributed by atoms with E-state index in [-0.39, 0.29) is 18.2 Å². The number of carbonyl (C=O) groups excluding carboxylic acids is 1. The first-order chi connectivity index (χ1) is 11.3. The highest BCUT2D eigenvalue weighted by Crippen LogP contribution is 2.08. The molecule has 1 rings (SSSR count). The Balaban J connectivity index is 2.82. The Kier molecular flexibility index (Phi) is 7.43. The summed E-state index contributed by atoms with van der Waals surface area (Å²) in [6.07, 6.45) is 4.17. The van der Waals surface area contributed by atoms with E-state index in [9.17, 15) is 14.4 Å². The monoisotopic (exact) mass is 334 g/mol. The summed E-state index contributed by atoms with van der Waals surface area (Å²) in [4.78, 5) is 36.4. The molecular weight excluding hydrogens is 308 g/mol. The van der Waals surface area contributed by atoms with Gasteiger partial charge in [-0.25, -0.2) is 9.36 Å². The Morgan fingerprint density at radius 1 is 1.29 bits per heavy atom. The van der Waals surface area contributed by atoms with Gasteiger partial charge in [-0.15, -0.1) is 0 Å². The molecule has 0 saturated heterocycles. The van der Waals surface area contributed by atoms with Crippen molar-refractivity contribution in [2.75, 3.05) is 0 Å². The first kappa shape index (κ1) is 19.7. The summed E-state index contributed by atoms with van der Waals surface area (Å²) in [6.45, 7) is 7.88. The zero-order valence-electron chi connectivity index (χ0n) is 14.8. The number of aryl methyl sites for hydroxylation is 1. The van der Waals surface area contributed by atoms with Crippen LogP contribution in [0.25, 0.3) is 0 Å². The Bertz CT molecular complexity index is 725. The molecule has 1 atom stereocenters. The van der Waals surface area contributed by atoms with E-state index < -0.39 is 17.2 Å². The van der Waals surface area contributed by atoms with E-state index in [0.29, 0.717) is 12.5 Å². The average Bonchev–Trinajstić information content (AvgIpc) is 2.51. The Morgan fingerprint density at radius 2 is 1.96 bits per heavy atom. The van der Waals surface area contributed by atoms with E-state index in [1.54, 1.807) is 13.0 Å². The molecule has 0 aliphatic heterocycles. The summed E-state index contributed by atoms with van der Waals surface area (Å²) >= 11 is 0. The van der Waals surface area contributed by atoms with Gasteiger partial charge in [0, 0.05) is 18.8 Å². The fourth-order valence-corrected chi connectivity index (χ4v) is 2.46. The average molecular weight is 334 g/mol. The highest BCUT2D eigenvalue weighted by atomic mass is 16.2. The predicted molar refractivity (Wildman–Crippen MR) is 91.6 cm³/mol. The maximum absolute atomic E-state index is 12.2. The summed E-state index contributed by atoms with van der Waals surface area (Å²) in [5, 5.41) is 11.8. The minimum absolute atomic E-state index is 0.0282. The molecule has 0 radical (unpaired) electrons. The molecule has 1 amide bonds. The second-order valence-electron chi connectivity index (χ2n) is 6.41. The fourth-order valence-electron chi connectivity index (χ4n) is 2.46. The van der Waals surface area contributed by atoms with E-state index in [1.807, 2.05) is 6.92 Å². The van der Waals surface area contributed by atoms with Crippen LogP contribution in [0.1, 0.15) is 52.5 Å². The lowest BCUT2D eigenvalue weighted by Gasteiger charge is -2.15. The molecular formula is C17H26N4O3. The van der Waals surface area contributed by atoms with Crippen molar-refractivity contribution in [1.82, 2.24) is 14.5 Å². The van der Waals surface area contributed by atoms with E-state index >= 15 is 0 Å². The molecule has 1 aromatic rings. The lowest BCUT2D eigenvalue weighted by atomic mass is 10.0. The van der Waals surface area contributed by atoms with Crippen LogP contribution in [0.3, 0.4) is 0 Å². The third kappa shape index (κ3) is 5.37. The van der Waals surface area contributed by atoms with Gasteiger partial charge in [-0.05, 0) is 26.2 Å².